The molecule has 7 nitrogen and oxygen atoms in total. The van der Waals surface area contributed by atoms with Crippen LogP contribution in [0, 0.1) is 13.8 Å². The second kappa shape index (κ2) is 7.44. The summed E-state index contributed by atoms with van der Waals surface area (Å²) >= 11 is 5.53. The third-order valence-corrected chi connectivity index (χ3v) is 2.24. The molecule has 0 amide bonds. The molecule has 0 spiro atoms. The largest absolute Gasteiger partial charge is 0.481 e. The Labute approximate surface area is 122 Å². The van der Waals surface area contributed by atoms with Crippen LogP contribution < -0.4 is 15.2 Å². The molecule has 2 rings (SSSR count). The minimum atomic E-state index is 0.219. The number of aryl methyl sites for hydroxylation is 2. The van der Waals surface area contributed by atoms with Gasteiger partial charge in [0, 0.05) is 23.5 Å². The first-order valence-electron chi connectivity index (χ1n) is 5.65. The van der Waals surface area contributed by atoms with Gasteiger partial charge in [0.05, 0.1) is 14.2 Å². The summed E-state index contributed by atoms with van der Waals surface area (Å²) in [4.78, 5) is 15.3. The number of anilines is 1. The van der Waals surface area contributed by atoms with Crippen molar-refractivity contribution in [2.45, 2.75) is 13.8 Å². The summed E-state index contributed by atoms with van der Waals surface area (Å²) in [5.74, 6) is 1.25. The molecule has 0 radical (unpaired) electrons. The number of rotatable bonds is 2. The number of nitrogens with two attached hydrogens (primary N) is 1. The van der Waals surface area contributed by atoms with E-state index in [9.17, 15) is 0 Å². The molecule has 0 bridgehead atoms. The molecule has 2 N–H and O–H groups in total. The van der Waals surface area contributed by atoms with Gasteiger partial charge in [-0.25, -0.2) is 9.97 Å². The lowest BCUT2D eigenvalue weighted by Gasteiger charge is -1.99. The maximum absolute atomic E-state index is 5.53. The van der Waals surface area contributed by atoms with E-state index in [1.165, 1.54) is 7.11 Å². The third kappa shape index (κ3) is 5.23. The van der Waals surface area contributed by atoms with Crippen LogP contribution in [0.2, 0.25) is 5.28 Å². The zero-order valence-corrected chi connectivity index (χ0v) is 12.5. The van der Waals surface area contributed by atoms with E-state index in [1.807, 2.05) is 13.8 Å². The van der Waals surface area contributed by atoms with Crippen LogP contribution in [-0.4, -0.2) is 34.2 Å². The summed E-state index contributed by atoms with van der Waals surface area (Å²) in [5.41, 5.74) is 6.94. The van der Waals surface area contributed by atoms with Gasteiger partial charge in [-0.1, -0.05) is 0 Å². The molecule has 2 aromatic rings. The predicted molar refractivity (Wildman–Crippen MR) is 76.1 cm³/mol. The standard InChI is InChI=1S/C6H7ClN2O.C6H9N3O/c2*1-4-3-5(10-2)9-6(7)8-4/h3H,1-2H3;3H,1-2H3,(H2,7,8,9). The molecule has 0 saturated heterocycles. The van der Waals surface area contributed by atoms with E-state index in [4.69, 9.17) is 26.8 Å². The van der Waals surface area contributed by atoms with Crippen molar-refractivity contribution in [2.75, 3.05) is 20.0 Å². The van der Waals surface area contributed by atoms with Crippen molar-refractivity contribution in [3.63, 3.8) is 0 Å². The number of hydrogen-bond acceptors (Lipinski definition) is 7. The molecular formula is C12H16ClN5O2. The van der Waals surface area contributed by atoms with Crippen molar-refractivity contribution in [1.29, 1.82) is 0 Å². The SMILES string of the molecule is COc1cc(C)nc(Cl)n1.COc1cc(C)nc(N)n1. The van der Waals surface area contributed by atoms with Gasteiger partial charge in [-0.05, 0) is 25.4 Å². The quantitative estimate of drug-likeness (QED) is 0.845. The van der Waals surface area contributed by atoms with E-state index >= 15 is 0 Å². The lowest BCUT2D eigenvalue weighted by Crippen LogP contribution is -1.98. The van der Waals surface area contributed by atoms with Crippen LogP contribution in [0.3, 0.4) is 0 Å². The smallest absolute Gasteiger partial charge is 0.225 e. The fourth-order valence-corrected chi connectivity index (χ4v) is 1.49. The van der Waals surface area contributed by atoms with Gasteiger partial charge >= 0.3 is 0 Å². The average molecular weight is 298 g/mol. The van der Waals surface area contributed by atoms with E-state index in [2.05, 4.69) is 19.9 Å². The topological polar surface area (TPSA) is 96.0 Å². The van der Waals surface area contributed by atoms with Gasteiger partial charge in [0.15, 0.2) is 0 Å². The highest BCUT2D eigenvalue weighted by Crippen LogP contribution is 2.10. The molecule has 8 heteroatoms. The van der Waals surface area contributed by atoms with Crippen LogP contribution in [0.5, 0.6) is 11.8 Å². The first-order chi connectivity index (χ1) is 9.44. The van der Waals surface area contributed by atoms with Gasteiger partial charge in [0.2, 0.25) is 23.0 Å². The summed E-state index contributed by atoms with van der Waals surface area (Å²) in [6, 6.07) is 3.43. The fraction of sp³-hybridized carbons (Fsp3) is 0.333. The Morgan fingerprint density at radius 3 is 1.85 bits per heavy atom. The molecule has 0 fully saturated rings. The minimum Gasteiger partial charge on any atom is -0.481 e. The van der Waals surface area contributed by atoms with Gasteiger partial charge in [0.1, 0.15) is 0 Å². The molecule has 0 atom stereocenters. The first kappa shape index (κ1) is 15.9. The van der Waals surface area contributed by atoms with Crippen molar-refractivity contribution < 1.29 is 9.47 Å². The Kier molecular flexibility index (Phi) is 5.92. The zero-order chi connectivity index (χ0) is 15.1. The summed E-state index contributed by atoms with van der Waals surface area (Å²) < 4.78 is 9.68. The molecule has 0 aromatic carbocycles. The molecule has 0 unspecified atom stereocenters. The molecule has 20 heavy (non-hydrogen) atoms. The summed E-state index contributed by atoms with van der Waals surface area (Å²) in [6.07, 6.45) is 0. The van der Waals surface area contributed by atoms with E-state index < -0.39 is 0 Å². The van der Waals surface area contributed by atoms with Crippen LogP contribution >= 0.6 is 11.6 Å². The van der Waals surface area contributed by atoms with Crippen molar-refractivity contribution in [3.8, 4) is 11.8 Å². The van der Waals surface area contributed by atoms with Crippen LogP contribution in [0.25, 0.3) is 0 Å². The Morgan fingerprint density at radius 1 is 0.900 bits per heavy atom. The minimum absolute atomic E-state index is 0.219. The summed E-state index contributed by atoms with van der Waals surface area (Å²) in [6.45, 7) is 3.66. The summed E-state index contributed by atoms with van der Waals surface area (Å²) in [7, 11) is 3.08. The maximum Gasteiger partial charge on any atom is 0.225 e. The highest BCUT2D eigenvalue weighted by atomic mass is 35.5. The molecule has 0 aliphatic rings. The third-order valence-electron chi connectivity index (χ3n) is 2.07. The number of hydrogen-bond donors (Lipinski definition) is 1. The fourth-order valence-electron chi connectivity index (χ4n) is 1.28. The second-order valence-electron chi connectivity index (χ2n) is 3.73. The van der Waals surface area contributed by atoms with Gasteiger partial charge in [-0.15, -0.1) is 0 Å². The van der Waals surface area contributed by atoms with Gasteiger partial charge in [-0.2, -0.15) is 9.97 Å². The van der Waals surface area contributed by atoms with Crippen LogP contribution in [-0.2, 0) is 0 Å². The Balaban J connectivity index is 0.000000200. The van der Waals surface area contributed by atoms with E-state index in [1.54, 1.807) is 19.2 Å². The summed E-state index contributed by atoms with van der Waals surface area (Å²) in [5, 5.41) is 0.219. The Bertz CT molecular complexity index is 488. The van der Waals surface area contributed by atoms with Crippen LogP contribution in [0.15, 0.2) is 12.1 Å². The predicted octanol–water partition coefficient (Wildman–Crippen LogP) is 1.82. The molecule has 0 saturated carbocycles. The van der Waals surface area contributed by atoms with Crippen molar-refractivity contribution in [3.05, 3.63) is 28.8 Å². The number of aromatic nitrogens is 4. The number of methoxy groups -OCH3 is 2. The van der Waals surface area contributed by atoms with Crippen LogP contribution in [0.1, 0.15) is 11.4 Å². The van der Waals surface area contributed by atoms with Crippen LogP contribution in [0.4, 0.5) is 5.95 Å². The lowest BCUT2D eigenvalue weighted by atomic mass is 10.4. The molecular weight excluding hydrogens is 282 g/mol. The number of nitrogens with zero attached hydrogens (tertiary/aromatic N) is 4. The van der Waals surface area contributed by atoms with Gasteiger partial charge in [0.25, 0.3) is 0 Å². The average Bonchev–Trinajstić information content (AvgIpc) is 2.37. The maximum atomic E-state index is 5.53. The normalized spacial score (nSPS) is 9.45. The zero-order valence-electron chi connectivity index (χ0n) is 11.7. The van der Waals surface area contributed by atoms with E-state index in [0.717, 1.165) is 11.4 Å². The Morgan fingerprint density at radius 2 is 1.40 bits per heavy atom. The molecule has 108 valence electrons. The van der Waals surface area contributed by atoms with Gasteiger partial charge in [-0.3, -0.25) is 0 Å². The van der Waals surface area contributed by atoms with E-state index in [0.29, 0.717) is 11.8 Å². The lowest BCUT2D eigenvalue weighted by molar-refractivity contribution is 0.396. The van der Waals surface area contributed by atoms with Crippen molar-refractivity contribution >= 4 is 17.5 Å². The van der Waals surface area contributed by atoms with Crippen molar-refractivity contribution in [2.24, 2.45) is 0 Å². The molecule has 2 heterocycles. The van der Waals surface area contributed by atoms with Gasteiger partial charge < -0.3 is 15.2 Å². The molecule has 0 aliphatic carbocycles. The number of ether oxygens (including phenoxy) is 2. The Hall–Kier alpha value is -2.15. The number of halogens is 1. The highest BCUT2D eigenvalue weighted by Gasteiger charge is 1.97. The highest BCUT2D eigenvalue weighted by molar-refractivity contribution is 6.28. The first-order valence-corrected chi connectivity index (χ1v) is 6.02. The second-order valence-corrected chi connectivity index (χ2v) is 4.07. The monoisotopic (exact) mass is 297 g/mol. The molecule has 0 aliphatic heterocycles. The van der Waals surface area contributed by atoms with Crippen molar-refractivity contribution in [1.82, 2.24) is 19.9 Å². The molecule has 2 aromatic heterocycles. The van der Waals surface area contributed by atoms with E-state index in [-0.39, 0.29) is 11.2 Å². The number of nitrogen functional groups attached to an aromatic ring is 1.